The van der Waals surface area contributed by atoms with Crippen LogP contribution in [0.25, 0.3) is 0 Å². The number of ether oxygens (including phenoxy) is 2. The van der Waals surface area contributed by atoms with Gasteiger partial charge in [0.1, 0.15) is 5.75 Å². The summed E-state index contributed by atoms with van der Waals surface area (Å²) in [5.74, 6) is 0.0953. The molecular weight excluding hydrogens is 364 g/mol. The van der Waals surface area contributed by atoms with Crippen molar-refractivity contribution in [1.82, 2.24) is 0 Å². The second kappa shape index (κ2) is 7.92. The molecule has 0 aliphatic carbocycles. The van der Waals surface area contributed by atoms with Gasteiger partial charge in [0, 0.05) is 13.1 Å². The molecule has 142 valence electrons. The van der Waals surface area contributed by atoms with Crippen LogP contribution in [-0.2, 0) is 9.53 Å². The van der Waals surface area contributed by atoms with Gasteiger partial charge in [0.15, 0.2) is 6.10 Å². The molecule has 0 unspecified atom stereocenters. The van der Waals surface area contributed by atoms with E-state index in [9.17, 15) is 9.59 Å². The Morgan fingerprint density at radius 2 is 1.89 bits per heavy atom. The maximum absolute atomic E-state index is 12.8. The number of esters is 1. The van der Waals surface area contributed by atoms with Gasteiger partial charge in [-0.25, -0.2) is 13.9 Å². The third-order valence-electron chi connectivity index (χ3n) is 4.14. The fourth-order valence-electron chi connectivity index (χ4n) is 2.64. The van der Waals surface area contributed by atoms with Crippen molar-refractivity contribution < 1.29 is 19.1 Å². The molecule has 2 aromatic rings. The van der Waals surface area contributed by atoms with Gasteiger partial charge in [-0.15, -0.1) is 0 Å². The van der Waals surface area contributed by atoms with Gasteiger partial charge in [-0.05, 0) is 57.0 Å². The maximum Gasteiger partial charge on any atom is 0.347 e. The summed E-state index contributed by atoms with van der Waals surface area (Å²) in [6.45, 7) is 5.70. The molecule has 0 aromatic heterocycles. The van der Waals surface area contributed by atoms with Gasteiger partial charge in [0.05, 0.1) is 22.9 Å². The first-order valence-electron chi connectivity index (χ1n) is 8.70. The maximum atomic E-state index is 12.8. The van der Waals surface area contributed by atoms with Crippen LogP contribution in [0.4, 0.5) is 16.2 Å². The summed E-state index contributed by atoms with van der Waals surface area (Å²) in [4.78, 5) is 27.1. The van der Waals surface area contributed by atoms with E-state index in [1.165, 1.54) is 11.9 Å². The van der Waals surface area contributed by atoms with Crippen molar-refractivity contribution in [3.63, 3.8) is 0 Å². The van der Waals surface area contributed by atoms with Crippen LogP contribution in [-0.4, -0.2) is 31.8 Å². The van der Waals surface area contributed by atoms with E-state index in [-0.39, 0.29) is 6.03 Å². The molecule has 2 aromatic carbocycles. The molecule has 0 bridgehead atoms. The number of nitrogens with zero attached hydrogens (tertiary/aromatic N) is 2. The second-order valence-corrected chi connectivity index (χ2v) is 7.19. The molecular formula is C20H22N2O4S. The van der Waals surface area contributed by atoms with Crippen LogP contribution in [0.2, 0.25) is 0 Å². The number of anilines is 2. The zero-order valence-corrected chi connectivity index (χ0v) is 16.6. The van der Waals surface area contributed by atoms with E-state index < -0.39 is 12.1 Å². The Morgan fingerprint density at radius 3 is 2.56 bits per heavy atom. The van der Waals surface area contributed by atoms with Gasteiger partial charge in [-0.2, -0.15) is 0 Å². The molecule has 2 amide bonds. The summed E-state index contributed by atoms with van der Waals surface area (Å²) < 4.78 is 12.3. The highest BCUT2D eigenvalue weighted by Gasteiger charge is 2.30. The zero-order valence-electron chi connectivity index (χ0n) is 15.8. The van der Waals surface area contributed by atoms with E-state index in [2.05, 4.69) is 0 Å². The molecule has 0 saturated heterocycles. The van der Waals surface area contributed by atoms with Crippen molar-refractivity contribution >= 4 is 35.3 Å². The van der Waals surface area contributed by atoms with Crippen LogP contribution in [0.3, 0.4) is 0 Å². The lowest BCUT2D eigenvalue weighted by Gasteiger charge is -2.34. The summed E-state index contributed by atoms with van der Waals surface area (Å²) in [6, 6.07) is 13.1. The van der Waals surface area contributed by atoms with Gasteiger partial charge < -0.3 is 9.47 Å². The third-order valence-corrected chi connectivity index (χ3v) is 5.23. The van der Waals surface area contributed by atoms with E-state index in [0.717, 1.165) is 21.8 Å². The molecule has 0 N–H and O–H groups in total. The highest BCUT2D eigenvalue weighted by molar-refractivity contribution is 8.01. The van der Waals surface area contributed by atoms with Crippen molar-refractivity contribution in [2.24, 2.45) is 0 Å². The smallest absolute Gasteiger partial charge is 0.347 e. The lowest BCUT2D eigenvalue weighted by atomic mass is 10.2. The Bertz CT molecular complexity index is 854. The summed E-state index contributed by atoms with van der Waals surface area (Å²) in [6.07, 6.45) is -0.718. The van der Waals surface area contributed by atoms with Crippen LogP contribution in [0.5, 0.6) is 5.75 Å². The minimum absolute atomic E-state index is 0.146. The highest BCUT2D eigenvalue weighted by atomic mass is 32.2. The number of benzene rings is 2. The average molecular weight is 386 g/mol. The van der Waals surface area contributed by atoms with E-state index in [1.54, 1.807) is 42.2 Å². The second-order valence-electron chi connectivity index (χ2n) is 6.20. The Morgan fingerprint density at radius 1 is 1.19 bits per heavy atom. The monoisotopic (exact) mass is 386 g/mol. The number of rotatable bonds is 5. The van der Waals surface area contributed by atoms with Crippen LogP contribution in [0, 0.1) is 6.92 Å². The first-order valence-corrected chi connectivity index (χ1v) is 9.48. The third kappa shape index (κ3) is 4.03. The number of hydrogen-bond donors (Lipinski definition) is 0. The Hall–Kier alpha value is -2.67. The predicted octanol–water partition coefficient (Wildman–Crippen LogP) is 4.41. The number of amides is 2. The number of carbonyl (C=O) groups excluding carboxylic acids is 2. The van der Waals surface area contributed by atoms with Gasteiger partial charge in [-0.1, -0.05) is 17.7 Å². The van der Waals surface area contributed by atoms with Crippen LogP contribution < -0.4 is 13.9 Å². The summed E-state index contributed by atoms with van der Waals surface area (Å²) in [5.41, 5.74) is 2.70. The van der Waals surface area contributed by atoms with E-state index in [1.807, 2.05) is 37.3 Å². The molecule has 0 radical (unpaired) electrons. The van der Waals surface area contributed by atoms with E-state index in [0.29, 0.717) is 12.4 Å². The van der Waals surface area contributed by atoms with Gasteiger partial charge in [-0.3, -0.25) is 4.90 Å². The SMILES string of the molecule is CCOC(=O)[C@@H](C)Oc1ccc2c(c1)N(C)C(=O)N(c1ccc(C)cc1)S2. The minimum Gasteiger partial charge on any atom is -0.479 e. The number of urea groups is 1. The van der Waals surface area contributed by atoms with Gasteiger partial charge in [0.2, 0.25) is 0 Å². The van der Waals surface area contributed by atoms with Crippen molar-refractivity contribution in [1.29, 1.82) is 0 Å². The van der Waals surface area contributed by atoms with Crippen molar-refractivity contribution in [2.45, 2.75) is 31.8 Å². The van der Waals surface area contributed by atoms with Crippen LogP contribution >= 0.6 is 11.9 Å². The Balaban J connectivity index is 1.82. The fraction of sp³-hybridized carbons (Fsp3) is 0.300. The Labute approximate surface area is 163 Å². The normalized spacial score (nSPS) is 14.6. The van der Waals surface area contributed by atoms with Crippen LogP contribution in [0.1, 0.15) is 19.4 Å². The molecule has 1 atom stereocenters. The largest absolute Gasteiger partial charge is 0.479 e. The van der Waals surface area contributed by atoms with E-state index in [4.69, 9.17) is 9.47 Å². The topological polar surface area (TPSA) is 59.1 Å². The van der Waals surface area contributed by atoms with Gasteiger partial charge >= 0.3 is 12.0 Å². The van der Waals surface area contributed by atoms with Gasteiger partial charge in [0.25, 0.3) is 0 Å². The zero-order chi connectivity index (χ0) is 19.6. The molecule has 27 heavy (non-hydrogen) atoms. The first kappa shape index (κ1) is 19.1. The number of aryl methyl sites for hydroxylation is 1. The molecule has 1 aliphatic heterocycles. The summed E-state index contributed by atoms with van der Waals surface area (Å²) >= 11 is 1.36. The molecule has 7 heteroatoms. The number of hydrogen-bond acceptors (Lipinski definition) is 5. The van der Waals surface area contributed by atoms with E-state index >= 15 is 0 Å². The van der Waals surface area contributed by atoms with Crippen molar-refractivity contribution in [3.8, 4) is 5.75 Å². The molecule has 6 nitrogen and oxygen atoms in total. The fourth-order valence-corrected chi connectivity index (χ4v) is 3.68. The first-order chi connectivity index (χ1) is 12.9. The van der Waals surface area contributed by atoms with Crippen molar-refractivity contribution in [2.75, 3.05) is 22.9 Å². The van der Waals surface area contributed by atoms with Crippen LogP contribution in [0.15, 0.2) is 47.4 Å². The molecule has 0 spiro atoms. The molecule has 0 fully saturated rings. The Kier molecular flexibility index (Phi) is 5.60. The lowest BCUT2D eigenvalue weighted by Crippen LogP contribution is -2.40. The quantitative estimate of drug-likeness (QED) is 0.563. The minimum atomic E-state index is -0.718. The lowest BCUT2D eigenvalue weighted by molar-refractivity contribution is -0.150. The molecule has 1 aliphatic rings. The molecule has 3 rings (SSSR count). The average Bonchev–Trinajstić information content (AvgIpc) is 2.66. The molecule has 0 saturated carbocycles. The highest BCUT2D eigenvalue weighted by Crippen LogP contribution is 2.42. The van der Waals surface area contributed by atoms with Crippen molar-refractivity contribution in [3.05, 3.63) is 48.0 Å². The predicted molar refractivity (Wildman–Crippen MR) is 106 cm³/mol. The number of fused-ring (bicyclic) bond motifs is 1. The number of carbonyl (C=O) groups is 2. The molecule has 1 heterocycles. The standard InChI is InChI=1S/C20H22N2O4S/c1-5-25-19(23)14(3)26-16-10-11-18-17(12-16)21(4)20(24)22(27-18)15-8-6-13(2)7-9-15/h6-12,14H,5H2,1-4H3/t14-/m1/s1. The summed E-state index contributed by atoms with van der Waals surface area (Å²) in [7, 11) is 1.72. The summed E-state index contributed by atoms with van der Waals surface area (Å²) in [5, 5.41) is 0.